The molecule has 2 aliphatic rings. The van der Waals surface area contributed by atoms with E-state index in [-0.39, 0.29) is 6.61 Å². The molecule has 0 spiro atoms. The molecule has 8 heteroatoms. The number of hydrogen-bond donors (Lipinski definition) is 0. The summed E-state index contributed by atoms with van der Waals surface area (Å²) in [6.07, 6.45) is 1.68. The zero-order valence-electron chi connectivity index (χ0n) is 14.7. The first-order valence-electron chi connectivity index (χ1n) is 8.75. The molecule has 1 aromatic carbocycles. The fraction of sp³-hybridized carbons (Fsp3) is 0.368. The van der Waals surface area contributed by atoms with Crippen molar-refractivity contribution in [3.05, 3.63) is 46.1 Å². The Balaban J connectivity index is 1.49. The molecule has 1 aromatic heterocycles. The Morgan fingerprint density at radius 1 is 1.15 bits per heavy atom. The van der Waals surface area contributed by atoms with Crippen molar-refractivity contribution in [3.8, 4) is 11.5 Å². The maximum Gasteiger partial charge on any atom is 0.342 e. The molecule has 2 aliphatic heterocycles. The van der Waals surface area contributed by atoms with Crippen LogP contribution in [0.3, 0.4) is 0 Å². The lowest BCUT2D eigenvalue weighted by atomic mass is 10.2. The first-order valence-corrected chi connectivity index (χ1v) is 9.54. The highest BCUT2D eigenvalue weighted by Crippen LogP contribution is 2.36. The molecule has 142 valence electrons. The van der Waals surface area contributed by atoms with E-state index in [4.69, 9.17) is 18.9 Å². The van der Waals surface area contributed by atoms with Crippen molar-refractivity contribution in [2.24, 2.45) is 0 Å². The number of pyridine rings is 1. The second-order valence-corrected chi connectivity index (χ2v) is 6.99. The van der Waals surface area contributed by atoms with Gasteiger partial charge in [0, 0.05) is 29.3 Å². The van der Waals surface area contributed by atoms with E-state index in [2.05, 4.69) is 20.9 Å². The summed E-state index contributed by atoms with van der Waals surface area (Å²) in [5, 5.41) is 0. The first kappa shape index (κ1) is 18.1. The summed E-state index contributed by atoms with van der Waals surface area (Å²) in [6, 6.07) is 7.14. The van der Waals surface area contributed by atoms with Crippen LogP contribution in [-0.4, -0.2) is 50.5 Å². The van der Waals surface area contributed by atoms with Gasteiger partial charge < -0.3 is 23.8 Å². The van der Waals surface area contributed by atoms with Crippen molar-refractivity contribution >= 4 is 27.7 Å². The third-order valence-electron chi connectivity index (χ3n) is 4.39. The molecule has 1 fully saturated rings. The Bertz CT molecular complexity index is 839. The van der Waals surface area contributed by atoms with Crippen molar-refractivity contribution in [1.29, 1.82) is 0 Å². The molecule has 1 saturated heterocycles. The van der Waals surface area contributed by atoms with Crippen LogP contribution in [0, 0.1) is 0 Å². The lowest BCUT2D eigenvalue weighted by molar-refractivity contribution is 0.0470. The number of carbonyl (C=O) groups is 1. The van der Waals surface area contributed by atoms with Gasteiger partial charge in [-0.25, -0.2) is 9.78 Å². The predicted octanol–water partition coefficient (Wildman–Crippen LogP) is 2.81. The summed E-state index contributed by atoms with van der Waals surface area (Å²) in [7, 11) is 0. The number of anilines is 1. The highest BCUT2D eigenvalue weighted by molar-refractivity contribution is 9.10. The molecule has 0 N–H and O–H groups in total. The van der Waals surface area contributed by atoms with E-state index in [1.807, 2.05) is 17.0 Å². The number of ether oxygens (including phenoxy) is 4. The van der Waals surface area contributed by atoms with Crippen molar-refractivity contribution in [1.82, 2.24) is 4.98 Å². The van der Waals surface area contributed by atoms with Gasteiger partial charge in [-0.3, -0.25) is 0 Å². The summed E-state index contributed by atoms with van der Waals surface area (Å²) in [6.45, 7) is 3.79. The van der Waals surface area contributed by atoms with Crippen LogP contribution >= 0.6 is 15.9 Å². The van der Waals surface area contributed by atoms with Crippen LogP contribution in [0.5, 0.6) is 11.5 Å². The number of rotatable bonds is 4. The van der Waals surface area contributed by atoms with Crippen LogP contribution in [0.4, 0.5) is 5.82 Å². The Hall–Kier alpha value is -2.32. The third-order valence-corrected chi connectivity index (χ3v) is 5.13. The average Bonchev–Trinajstić information content (AvgIpc) is 2.72. The fourth-order valence-corrected chi connectivity index (χ4v) is 3.46. The number of morpholine rings is 1. The van der Waals surface area contributed by atoms with Gasteiger partial charge in [-0.2, -0.15) is 0 Å². The van der Waals surface area contributed by atoms with E-state index < -0.39 is 5.97 Å². The number of aromatic nitrogens is 1. The van der Waals surface area contributed by atoms with E-state index in [0.29, 0.717) is 62.4 Å². The van der Waals surface area contributed by atoms with E-state index in [0.717, 1.165) is 10.0 Å². The number of benzene rings is 1. The molecular formula is C19H19BrN2O5. The maximum atomic E-state index is 12.7. The monoisotopic (exact) mass is 434 g/mol. The van der Waals surface area contributed by atoms with Crippen LogP contribution in [-0.2, 0) is 16.1 Å². The van der Waals surface area contributed by atoms with Crippen molar-refractivity contribution in [2.75, 3.05) is 44.4 Å². The van der Waals surface area contributed by atoms with E-state index in [9.17, 15) is 4.79 Å². The molecule has 2 aromatic rings. The highest BCUT2D eigenvalue weighted by atomic mass is 79.9. The minimum absolute atomic E-state index is 0.119. The quantitative estimate of drug-likeness (QED) is 0.685. The Labute approximate surface area is 165 Å². The molecule has 27 heavy (non-hydrogen) atoms. The number of carbonyl (C=O) groups excluding carboxylic acids is 1. The second kappa shape index (κ2) is 8.14. The lowest BCUT2D eigenvalue weighted by Gasteiger charge is -2.28. The number of fused-ring (bicyclic) bond motifs is 1. The van der Waals surface area contributed by atoms with Gasteiger partial charge >= 0.3 is 5.97 Å². The van der Waals surface area contributed by atoms with Gasteiger partial charge in [0.1, 0.15) is 31.2 Å². The standard InChI is InChI=1S/C19H19BrN2O5/c20-15-11-17-16(25-8-9-26-17)10-13(15)12-27-19(23)14-2-1-3-21-18(14)22-4-6-24-7-5-22/h1-3,10-11H,4-9,12H2. The number of nitrogens with zero attached hydrogens (tertiary/aromatic N) is 2. The molecule has 0 radical (unpaired) electrons. The van der Waals surface area contributed by atoms with Crippen LogP contribution in [0.25, 0.3) is 0 Å². The lowest BCUT2D eigenvalue weighted by Crippen LogP contribution is -2.37. The first-order chi connectivity index (χ1) is 13.2. The fourth-order valence-electron chi connectivity index (χ4n) is 3.02. The van der Waals surface area contributed by atoms with Gasteiger partial charge in [0.05, 0.1) is 13.2 Å². The smallest absolute Gasteiger partial charge is 0.342 e. The number of halogens is 1. The van der Waals surface area contributed by atoms with Crippen molar-refractivity contribution in [3.63, 3.8) is 0 Å². The van der Waals surface area contributed by atoms with E-state index in [1.54, 1.807) is 18.3 Å². The summed E-state index contributed by atoms with van der Waals surface area (Å²) in [5.74, 6) is 1.56. The zero-order chi connectivity index (χ0) is 18.6. The molecule has 4 rings (SSSR count). The molecular weight excluding hydrogens is 416 g/mol. The average molecular weight is 435 g/mol. The predicted molar refractivity (Wildman–Crippen MR) is 102 cm³/mol. The van der Waals surface area contributed by atoms with Gasteiger partial charge in [0.15, 0.2) is 11.5 Å². The minimum atomic E-state index is -0.411. The molecule has 0 atom stereocenters. The zero-order valence-corrected chi connectivity index (χ0v) is 16.2. The molecule has 0 bridgehead atoms. The summed E-state index contributed by atoms with van der Waals surface area (Å²) in [4.78, 5) is 19.1. The minimum Gasteiger partial charge on any atom is -0.486 e. The van der Waals surface area contributed by atoms with Crippen molar-refractivity contribution in [2.45, 2.75) is 6.61 Å². The topological polar surface area (TPSA) is 70.1 Å². The Morgan fingerprint density at radius 2 is 1.89 bits per heavy atom. The van der Waals surface area contributed by atoms with Crippen LogP contribution in [0.15, 0.2) is 34.9 Å². The normalized spacial score (nSPS) is 16.1. The molecule has 0 aliphatic carbocycles. The summed E-state index contributed by atoms with van der Waals surface area (Å²) in [5.41, 5.74) is 1.26. The van der Waals surface area contributed by atoms with Crippen LogP contribution < -0.4 is 14.4 Å². The van der Waals surface area contributed by atoms with Crippen LogP contribution in [0.1, 0.15) is 15.9 Å². The van der Waals surface area contributed by atoms with E-state index >= 15 is 0 Å². The maximum absolute atomic E-state index is 12.7. The SMILES string of the molecule is O=C(OCc1cc2c(cc1Br)OCCO2)c1cccnc1N1CCOCC1. The molecule has 0 amide bonds. The highest BCUT2D eigenvalue weighted by Gasteiger charge is 2.22. The van der Waals surface area contributed by atoms with Gasteiger partial charge in [0.2, 0.25) is 0 Å². The number of hydrogen-bond acceptors (Lipinski definition) is 7. The summed E-state index contributed by atoms with van der Waals surface area (Å²) >= 11 is 3.50. The Morgan fingerprint density at radius 3 is 2.67 bits per heavy atom. The van der Waals surface area contributed by atoms with Crippen LogP contribution in [0.2, 0.25) is 0 Å². The van der Waals surface area contributed by atoms with Gasteiger partial charge in [-0.15, -0.1) is 0 Å². The second-order valence-electron chi connectivity index (χ2n) is 6.14. The van der Waals surface area contributed by atoms with Gasteiger partial charge in [-0.1, -0.05) is 15.9 Å². The van der Waals surface area contributed by atoms with Gasteiger partial charge in [0.25, 0.3) is 0 Å². The number of esters is 1. The summed E-state index contributed by atoms with van der Waals surface area (Å²) < 4.78 is 22.9. The molecule has 0 saturated carbocycles. The molecule has 0 unspecified atom stereocenters. The largest absolute Gasteiger partial charge is 0.486 e. The third kappa shape index (κ3) is 4.01. The van der Waals surface area contributed by atoms with Gasteiger partial charge in [-0.05, 0) is 24.3 Å². The molecule has 7 nitrogen and oxygen atoms in total. The van der Waals surface area contributed by atoms with Crippen molar-refractivity contribution < 1.29 is 23.7 Å². The Kier molecular flexibility index (Phi) is 5.45. The van der Waals surface area contributed by atoms with E-state index in [1.165, 1.54) is 0 Å². The molecule has 3 heterocycles.